The van der Waals surface area contributed by atoms with Crippen molar-refractivity contribution in [1.29, 1.82) is 0 Å². The molecule has 0 bridgehead atoms. The molecule has 1 aromatic rings. The van der Waals surface area contributed by atoms with Gasteiger partial charge in [0.1, 0.15) is 0 Å². The lowest BCUT2D eigenvalue weighted by Gasteiger charge is -2.34. The van der Waals surface area contributed by atoms with E-state index < -0.39 is 0 Å². The van der Waals surface area contributed by atoms with Crippen molar-refractivity contribution in [2.75, 3.05) is 13.1 Å². The number of nitrogens with zero attached hydrogens (tertiary/aromatic N) is 2. The third-order valence-corrected chi connectivity index (χ3v) is 4.12. The molecule has 0 spiro atoms. The maximum absolute atomic E-state index is 11.3. The van der Waals surface area contributed by atoms with Gasteiger partial charge in [-0.05, 0) is 52.1 Å². The van der Waals surface area contributed by atoms with Crippen molar-refractivity contribution in [3.63, 3.8) is 0 Å². The van der Waals surface area contributed by atoms with Crippen LogP contribution in [0.3, 0.4) is 0 Å². The minimum atomic E-state index is -0.350. The summed E-state index contributed by atoms with van der Waals surface area (Å²) >= 11 is 0. The van der Waals surface area contributed by atoms with Gasteiger partial charge in [-0.25, -0.2) is 5.06 Å². The molecule has 1 fully saturated rings. The highest BCUT2D eigenvalue weighted by atomic mass is 16.7. The van der Waals surface area contributed by atoms with E-state index in [1.54, 1.807) is 0 Å². The Hall–Kier alpha value is -1.39. The Morgan fingerprint density at radius 3 is 2.64 bits per heavy atom. The Morgan fingerprint density at radius 1 is 1.36 bits per heavy atom. The van der Waals surface area contributed by atoms with Gasteiger partial charge in [0.25, 0.3) is 0 Å². The quantitative estimate of drug-likeness (QED) is 0.598. The van der Waals surface area contributed by atoms with Crippen LogP contribution in [-0.2, 0) is 16.2 Å². The van der Waals surface area contributed by atoms with Crippen LogP contribution in [-0.4, -0.2) is 41.1 Å². The van der Waals surface area contributed by atoms with E-state index in [-0.39, 0.29) is 11.6 Å². The van der Waals surface area contributed by atoms with E-state index in [0.717, 1.165) is 32.5 Å². The lowest BCUT2D eigenvalue weighted by atomic mass is 10.0. The number of benzene rings is 1. The van der Waals surface area contributed by atoms with Gasteiger partial charge in [-0.2, -0.15) is 0 Å². The van der Waals surface area contributed by atoms with Crippen LogP contribution in [0.4, 0.5) is 0 Å². The number of likely N-dealkylation sites (tertiary alicyclic amines) is 1. The molecule has 0 aliphatic carbocycles. The maximum atomic E-state index is 11.3. The van der Waals surface area contributed by atoms with Crippen molar-refractivity contribution >= 4 is 6.41 Å². The van der Waals surface area contributed by atoms with Gasteiger partial charge in [-0.3, -0.25) is 14.5 Å². The van der Waals surface area contributed by atoms with Gasteiger partial charge < -0.3 is 0 Å². The molecule has 0 saturated carbocycles. The van der Waals surface area contributed by atoms with Gasteiger partial charge in [0.2, 0.25) is 6.41 Å². The fourth-order valence-electron chi connectivity index (χ4n) is 2.97. The molecule has 1 aliphatic rings. The molecule has 1 aliphatic heterocycles. The van der Waals surface area contributed by atoms with E-state index in [9.17, 15) is 4.79 Å². The van der Waals surface area contributed by atoms with Crippen molar-refractivity contribution in [3.05, 3.63) is 35.9 Å². The van der Waals surface area contributed by atoms with Gasteiger partial charge in [0.15, 0.2) is 0 Å². The van der Waals surface area contributed by atoms with Crippen LogP contribution in [0.5, 0.6) is 0 Å². The lowest BCUT2D eigenvalue weighted by Crippen LogP contribution is -2.43. The van der Waals surface area contributed by atoms with Crippen LogP contribution in [0.1, 0.15) is 39.7 Å². The van der Waals surface area contributed by atoms with Crippen LogP contribution in [0, 0.1) is 5.92 Å². The fourth-order valence-corrected chi connectivity index (χ4v) is 2.97. The van der Waals surface area contributed by atoms with Crippen LogP contribution in [0.15, 0.2) is 30.3 Å². The van der Waals surface area contributed by atoms with Gasteiger partial charge >= 0.3 is 0 Å². The number of rotatable bonds is 6. The summed E-state index contributed by atoms with van der Waals surface area (Å²) in [5.41, 5.74) is 0.992. The van der Waals surface area contributed by atoms with Crippen molar-refractivity contribution in [2.24, 2.45) is 5.92 Å². The van der Waals surface area contributed by atoms with Crippen LogP contribution < -0.4 is 0 Å². The largest absolute Gasteiger partial charge is 0.299 e. The highest BCUT2D eigenvalue weighted by Crippen LogP contribution is 2.25. The number of carbonyl (C=O) groups excluding carboxylic acids is 1. The average molecular weight is 304 g/mol. The molecule has 0 radical (unpaired) electrons. The first-order valence-electron chi connectivity index (χ1n) is 8.08. The Labute approximate surface area is 134 Å². The van der Waals surface area contributed by atoms with E-state index in [1.165, 1.54) is 10.6 Å². The van der Waals surface area contributed by atoms with Gasteiger partial charge in [-0.1, -0.05) is 30.3 Å². The van der Waals surface area contributed by atoms with Crippen LogP contribution >= 0.6 is 0 Å². The topological polar surface area (TPSA) is 32.8 Å². The summed E-state index contributed by atoms with van der Waals surface area (Å²) in [5, 5.41) is 1.50. The summed E-state index contributed by atoms with van der Waals surface area (Å²) in [6, 6.07) is 10.6. The normalized spacial score (nSPS) is 20.8. The molecule has 4 nitrogen and oxygen atoms in total. The third-order valence-electron chi connectivity index (χ3n) is 4.12. The molecular weight excluding hydrogens is 276 g/mol. The van der Waals surface area contributed by atoms with Crippen LogP contribution in [0.2, 0.25) is 0 Å². The maximum Gasteiger partial charge on any atom is 0.233 e. The van der Waals surface area contributed by atoms with E-state index in [0.29, 0.717) is 5.92 Å². The molecule has 4 heteroatoms. The molecule has 2 rings (SSSR count). The summed E-state index contributed by atoms with van der Waals surface area (Å²) in [5.74, 6) is 0.455. The molecule has 1 saturated heterocycles. The summed E-state index contributed by atoms with van der Waals surface area (Å²) in [6.07, 6.45) is 1.92. The molecule has 1 amide bonds. The van der Waals surface area contributed by atoms with E-state index >= 15 is 0 Å². The highest BCUT2D eigenvalue weighted by Gasteiger charge is 2.32. The first-order valence-corrected chi connectivity index (χ1v) is 8.08. The smallest absolute Gasteiger partial charge is 0.233 e. The molecule has 0 aromatic heterocycles. The SMILES string of the molecule is CC(C1CCN(Cc2ccccc2)C1)N(C=O)OC(C)(C)C. The Balaban J connectivity index is 1.90. The van der Waals surface area contributed by atoms with Crippen LogP contribution in [0.25, 0.3) is 0 Å². The number of hydrogen-bond donors (Lipinski definition) is 0. The third kappa shape index (κ3) is 4.82. The zero-order valence-corrected chi connectivity index (χ0v) is 14.2. The fraction of sp³-hybridized carbons (Fsp3) is 0.611. The van der Waals surface area contributed by atoms with Crippen molar-refractivity contribution in [3.8, 4) is 0 Å². The molecule has 22 heavy (non-hydrogen) atoms. The van der Waals surface area contributed by atoms with Gasteiger partial charge in [0, 0.05) is 13.1 Å². The second-order valence-corrected chi connectivity index (χ2v) is 7.18. The molecule has 1 heterocycles. The number of hydroxylamine groups is 2. The number of amides is 1. The predicted octanol–water partition coefficient (Wildman–Crippen LogP) is 3.09. The van der Waals surface area contributed by atoms with E-state index in [1.807, 2.05) is 26.8 Å². The summed E-state index contributed by atoms with van der Waals surface area (Å²) in [6.45, 7) is 11.0. The summed E-state index contributed by atoms with van der Waals surface area (Å²) < 4.78 is 0. The second-order valence-electron chi connectivity index (χ2n) is 7.18. The molecule has 2 atom stereocenters. The molecule has 1 aromatic carbocycles. The monoisotopic (exact) mass is 304 g/mol. The van der Waals surface area contributed by atoms with Gasteiger partial charge in [-0.15, -0.1) is 0 Å². The number of hydrogen-bond acceptors (Lipinski definition) is 3. The van der Waals surface area contributed by atoms with Gasteiger partial charge in [0.05, 0.1) is 11.6 Å². The predicted molar refractivity (Wildman–Crippen MR) is 88.0 cm³/mol. The van der Waals surface area contributed by atoms with E-state index in [2.05, 4.69) is 36.1 Å². The van der Waals surface area contributed by atoms with Crippen molar-refractivity contribution in [2.45, 2.75) is 52.3 Å². The highest BCUT2D eigenvalue weighted by molar-refractivity contribution is 5.45. The molecule has 0 N–H and O–H groups in total. The van der Waals surface area contributed by atoms with E-state index in [4.69, 9.17) is 4.84 Å². The Morgan fingerprint density at radius 2 is 2.05 bits per heavy atom. The molecule has 2 unspecified atom stereocenters. The first-order chi connectivity index (χ1) is 10.4. The Kier molecular flexibility index (Phi) is 5.59. The zero-order valence-electron chi connectivity index (χ0n) is 14.2. The minimum absolute atomic E-state index is 0.0949. The Bertz CT molecular complexity index is 470. The summed E-state index contributed by atoms with van der Waals surface area (Å²) in [4.78, 5) is 19.6. The summed E-state index contributed by atoms with van der Waals surface area (Å²) in [7, 11) is 0. The lowest BCUT2D eigenvalue weighted by molar-refractivity contribution is -0.235. The zero-order chi connectivity index (χ0) is 16.2. The number of carbonyl (C=O) groups is 1. The second kappa shape index (κ2) is 7.25. The molecular formula is C18H28N2O2. The standard InChI is InChI=1S/C18H28N2O2/c1-15(20(14-21)22-18(2,3)4)17-10-11-19(13-17)12-16-8-6-5-7-9-16/h5-9,14-15,17H,10-13H2,1-4H3. The minimum Gasteiger partial charge on any atom is -0.299 e. The average Bonchev–Trinajstić information content (AvgIpc) is 2.92. The van der Waals surface area contributed by atoms with Crippen molar-refractivity contribution < 1.29 is 9.63 Å². The first kappa shape index (κ1) is 17.0. The molecule has 122 valence electrons. The van der Waals surface area contributed by atoms with Crippen molar-refractivity contribution in [1.82, 2.24) is 9.96 Å².